The Kier molecular flexibility index (Phi) is 3.95. The molecule has 1 aromatic rings. The van der Waals surface area contributed by atoms with Crippen LogP contribution in [-0.2, 0) is 0 Å². The Hall–Kier alpha value is -1.49. The Morgan fingerprint density at radius 3 is 2.69 bits per heavy atom. The van der Waals surface area contributed by atoms with Crippen molar-refractivity contribution < 1.29 is 13.6 Å². The van der Waals surface area contributed by atoms with Crippen molar-refractivity contribution in [3.63, 3.8) is 0 Å². The molecule has 1 unspecified atom stereocenters. The molecule has 0 aliphatic rings. The van der Waals surface area contributed by atoms with Gasteiger partial charge in [0.1, 0.15) is 0 Å². The van der Waals surface area contributed by atoms with Gasteiger partial charge in [-0.25, -0.2) is 8.78 Å². The highest BCUT2D eigenvalue weighted by atomic mass is 19.2. The van der Waals surface area contributed by atoms with Crippen LogP contribution in [-0.4, -0.2) is 30.4 Å². The normalized spacial score (nSPS) is 12.3. The summed E-state index contributed by atoms with van der Waals surface area (Å²) in [4.78, 5) is 13.0. The minimum Gasteiger partial charge on any atom is -0.340 e. The van der Waals surface area contributed by atoms with Crippen molar-refractivity contribution in [3.8, 4) is 0 Å². The van der Waals surface area contributed by atoms with Crippen molar-refractivity contribution in [2.45, 2.75) is 13.0 Å². The second-order valence-corrected chi connectivity index (χ2v) is 3.76. The lowest BCUT2D eigenvalue weighted by molar-refractivity contribution is 0.0783. The molecule has 0 radical (unpaired) electrons. The van der Waals surface area contributed by atoms with Gasteiger partial charge in [-0.1, -0.05) is 6.07 Å². The first kappa shape index (κ1) is 12.6. The standard InChI is InChI=1S/C11H14F2N2O/c1-7(14)6-15(2)11(16)8-4-3-5-9(12)10(8)13/h3-5,7H,6,14H2,1-2H3. The van der Waals surface area contributed by atoms with Crippen LogP contribution in [0.4, 0.5) is 8.78 Å². The zero-order valence-corrected chi connectivity index (χ0v) is 9.21. The molecular weight excluding hydrogens is 214 g/mol. The van der Waals surface area contributed by atoms with E-state index in [2.05, 4.69) is 0 Å². The highest BCUT2D eigenvalue weighted by molar-refractivity contribution is 5.94. The van der Waals surface area contributed by atoms with Crippen molar-refractivity contribution in [2.24, 2.45) is 5.73 Å². The van der Waals surface area contributed by atoms with Gasteiger partial charge in [0.2, 0.25) is 0 Å². The van der Waals surface area contributed by atoms with Crippen molar-refractivity contribution in [2.75, 3.05) is 13.6 Å². The topological polar surface area (TPSA) is 46.3 Å². The third-order valence-electron chi connectivity index (χ3n) is 2.09. The Balaban J connectivity index is 2.92. The van der Waals surface area contributed by atoms with E-state index in [0.717, 1.165) is 6.07 Å². The lowest BCUT2D eigenvalue weighted by Gasteiger charge is -2.19. The number of benzene rings is 1. The molecular formula is C11H14F2N2O. The predicted molar refractivity (Wildman–Crippen MR) is 57.0 cm³/mol. The molecule has 0 fully saturated rings. The van der Waals surface area contributed by atoms with Crippen LogP contribution in [0.1, 0.15) is 17.3 Å². The van der Waals surface area contributed by atoms with Crippen molar-refractivity contribution in [3.05, 3.63) is 35.4 Å². The molecule has 1 aromatic carbocycles. The summed E-state index contributed by atoms with van der Waals surface area (Å²) in [5.74, 6) is -2.72. The molecule has 1 atom stereocenters. The van der Waals surface area contributed by atoms with Crippen LogP contribution in [0.15, 0.2) is 18.2 Å². The molecule has 0 aromatic heterocycles. The average Bonchev–Trinajstić information content (AvgIpc) is 2.20. The number of hydrogen-bond acceptors (Lipinski definition) is 2. The van der Waals surface area contributed by atoms with E-state index in [1.54, 1.807) is 6.92 Å². The summed E-state index contributed by atoms with van der Waals surface area (Å²) in [5.41, 5.74) is 5.24. The summed E-state index contributed by atoms with van der Waals surface area (Å²) in [5, 5.41) is 0. The first-order valence-corrected chi connectivity index (χ1v) is 4.88. The molecule has 2 N–H and O–H groups in total. The smallest absolute Gasteiger partial charge is 0.256 e. The van der Waals surface area contributed by atoms with Gasteiger partial charge in [0.25, 0.3) is 5.91 Å². The summed E-state index contributed by atoms with van der Waals surface area (Å²) in [6, 6.07) is 3.30. The van der Waals surface area contributed by atoms with Crippen LogP contribution in [0.25, 0.3) is 0 Å². The second kappa shape index (κ2) is 5.03. The van der Waals surface area contributed by atoms with E-state index in [-0.39, 0.29) is 18.2 Å². The van der Waals surface area contributed by atoms with Crippen LogP contribution >= 0.6 is 0 Å². The number of hydrogen-bond donors (Lipinski definition) is 1. The molecule has 0 aliphatic carbocycles. The van der Waals surface area contributed by atoms with E-state index in [0.29, 0.717) is 0 Å². The van der Waals surface area contributed by atoms with Gasteiger partial charge in [-0.15, -0.1) is 0 Å². The molecule has 16 heavy (non-hydrogen) atoms. The van der Waals surface area contributed by atoms with Gasteiger partial charge in [0, 0.05) is 19.6 Å². The SMILES string of the molecule is CC(N)CN(C)C(=O)c1cccc(F)c1F. The predicted octanol–water partition coefficient (Wildman–Crippen LogP) is 1.38. The molecule has 88 valence electrons. The maximum atomic E-state index is 13.3. The highest BCUT2D eigenvalue weighted by Crippen LogP contribution is 2.13. The number of carbonyl (C=O) groups is 1. The molecule has 5 heteroatoms. The minimum atomic E-state index is -1.12. The molecule has 1 amide bonds. The molecule has 0 saturated carbocycles. The number of amides is 1. The van der Waals surface area contributed by atoms with Crippen LogP contribution in [0, 0.1) is 11.6 Å². The Morgan fingerprint density at radius 1 is 1.50 bits per heavy atom. The van der Waals surface area contributed by atoms with Gasteiger partial charge in [0.15, 0.2) is 11.6 Å². The molecule has 0 spiro atoms. The number of nitrogens with two attached hydrogens (primary N) is 1. The van der Waals surface area contributed by atoms with Crippen molar-refractivity contribution in [1.82, 2.24) is 4.90 Å². The minimum absolute atomic E-state index is 0.217. The quantitative estimate of drug-likeness (QED) is 0.849. The molecule has 3 nitrogen and oxygen atoms in total. The third-order valence-corrected chi connectivity index (χ3v) is 2.09. The van der Waals surface area contributed by atoms with Gasteiger partial charge in [0.05, 0.1) is 5.56 Å². The second-order valence-electron chi connectivity index (χ2n) is 3.76. The lowest BCUT2D eigenvalue weighted by Crippen LogP contribution is -2.37. The first-order chi connectivity index (χ1) is 7.43. The Labute approximate surface area is 92.8 Å². The van der Waals surface area contributed by atoms with Crippen LogP contribution in [0.5, 0.6) is 0 Å². The molecule has 0 aliphatic heterocycles. The van der Waals surface area contributed by atoms with E-state index in [1.165, 1.54) is 24.1 Å². The molecule has 1 rings (SSSR count). The van der Waals surface area contributed by atoms with Gasteiger partial charge in [-0.2, -0.15) is 0 Å². The van der Waals surface area contributed by atoms with E-state index >= 15 is 0 Å². The van der Waals surface area contributed by atoms with Crippen LogP contribution in [0.3, 0.4) is 0 Å². The van der Waals surface area contributed by atoms with Gasteiger partial charge in [-0.05, 0) is 19.1 Å². The lowest BCUT2D eigenvalue weighted by atomic mass is 10.1. The largest absolute Gasteiger partial charge is 0.340 e. The molecule has 0 bridgehead atoms. The fourth-order valence-electron chi connectivity index (χ4n) is 1.39. The zero-order chi connectivity index (χ0) is 12.3. The van der Waals surface area contributed by atoms with Crippen LogP contribution in [0.2, 0.25) is 0 Å². The zero-order valence-electron chi connectivity index (χ0n) is 9.21. The Morgan fingerprint density at radius 2 is 2.12 bits per heavy atom. The number of likely N-dealkylation sites (N-methyl/N-ethyl adjacent to an activating group) is 1. The molecule has 0 saturated heterocycles. The average molecular weight is 228 g/mol. The number of rotatable bonds is 3. The molecule has 0 heterocycles. The van der Waals surface area contributed by atoms with E-state index in [1.807, 2.05) is 0 Å². The maximum Gasteiger partial charge on any atom is 0.256 e. The van der Waals surface area contributed by atoms with Crippen molar-refractivity contribution >= 4 is 5.91 Å². The number of nitrogens with zero attached hydrogens (tertiary/aromatic N) is 1. The van der Waals surface area contributed by atoms with E-state index < -0.39 is 17.5 Å². The highest BCUT2D eigenvalue weighted by Gasteiger charge is 2.18. The fraction of sp³-hybridized carbons (Fsp3) is 0.364. The summed E-state index contributed by atoms with van der Waals surface area (Å²) in [7, 11) is 1.50. The monoisotopic (exact) mass is 228 g/mol. The fourth-order valence-corrected chi connectivity index (χ4v) is 1.39. The van der Waals surface area contributed by atoms with Gasteiger partial charge < -0.3 is 10.6 Å². The first-order valence-electron chi connectivity index (χ1n) is 4.88. The van der Waals surface area contributed by atoms with E-state index in [9.17, 15) is 13.6 Å². The summed E-state index contributed by atoms with van der Waals surface area (Å²) < 4.78 is 26.2. The maximum absolute atomic E-state index is 13.3. The van der Waals surface area contributed by atoms with Crippen molar-refractivity contribution in [1.29, 1.82) is 0 Å². The number of carbonyl (C=O) groups excluding carboxylic acids is 1. The Bertz CT molecular complexity index is 394. The van der Waals surface area contributed by atoms with E-state index in [4.69, 9.17) is 5.73 Å². The van der Waals surface area contributed by atoms with Gasteiger partial charge in [-0.3, -0.25) is 4.79 Å². The van der Waals surface area contributed by atoms with Gasteiger partial charge >= 0.3 is 0 Å². The third kappa shape index (κ3) is 2.76. The summed E-state index contributed by atoms with van der Waals surface area (Å²) >= 11 is 0. The number of halogens is 2. The van der Waals surface area contributed by atoms with Crippen LogP contribution < -0.4 is 5.73 Å². The summed E-state index contributed by atoms with van der Waals surface area (Å²) in [6.07, 6.45) is 0. The summed E-state index contributed by atoms with van der Waals surface area (Å²) in [6.45, 7) is 2.01.